The van der Waals surface area contributed by atoms with Crippen LogP contribution in [0.2, 0.25) is 0 Å². The van der Waals surface area contributed by atoms with Gasteiger partial charge < -0.3 is 14.9 Å². The van der Waals surface area contributed by atoms with Crippen molar-refractivity contribution in [2.45, 2.75) is 59.3 Å². The van der Waals surface area contributed by atoms with E-state index in [2.05, 4.69) is 11.8 Å². The molecule has 7 heteroatoms. The van der Waals surface area contributed by atoms with Crippen molar-refractivity contribution in [1.29, 1.82) is 0 Å². The van der Waals surface area contributed by atoms with Gasteiger partial charge in [-0.05, 0) is 52.6 Å². The van der Waals surface area contributed by atoms with Crippen LogP contribution in [-0.4, -0.2) is 59.5 Å². The van der Waals surface area contributed by atoms with Crippen LogP contribution in [0.4, 0.5) is 0 Å². The molecule has 0 radical (unpaired) electrons. The third-order valence-electron chi connectivity index (χ3n) is 4.98. The molecule has 1 aliphatic rings. The van der Waals surface area contributed by atoms with Crippen LogP contribution in [0.5, 0.6) is 0 Å². The number of rotatable bonds is 10. The summed E-state index contributed by atoms with van der Waals surface area (Å²) in [5.74, 6) is -0.567. The number of carboxylic acid groups (broad SMARTS) is 1. The number of aliphatic carboxylic acids is 1. The molecular weight excluding hydrogens is 363 g/mol. The highest BCUT2D eigenvalue weighted by molar-refractivity contribution is 5.85. The summed E-state index contributed by atoms with van der Waals surface area (Å²) >= 11 is 0. The van der Waals surface area contributed by atoms with Gasteiger partial charge in [0.1, 0.15) is 0 Å². The minimum atomic E-state index is -0.675. The highest BCUT2D eigenvalue weighted by atomic mass is 35.5. The summed E-state index contributed by atoms with van der Waals surface area (Å²) in [6.07, 6.45) is 5.46. The van der Waals surface area contributed by atoms with Gasteiger partial charge in [-0.3, -0.25) is 9.59 Å². The molecule has 1 heterocycles. The van der Waals surface area contributed by atoms with E-state index in [1.54, 1.807) is 0 Å². The van der Waals surface area contributed by atoms with E-state index in [0.29, 0.717) is 6.42 Å². The van der Waals surface area contributed by atoms with Crippen molar-refractivity contribution in [2.75, 3.05) is 32.7 Å². The van der Waals surface area contributed by atoms with E-state index >= 15 is 0 Å². The molecule has 25 heavy (non-hydrogen) atoms. The molecule has 0 aliphatic carbocycles. The van der Waals surface area contributed by atoms with Gasteiger partial charge in [-0.25, -0.2) is 0 Å². The summed E-state index contributed by atoms with van der Waals surface area (Å²) in [6, 6.07) is 0. The van der Waals surface area contributed by atoms with E-state index in [1.165, 1.54) is 0 Å². The maximum atomic E-state index is 12.5. The van der Waals surface area contributed by atoms with Gasteiger partial charge >= 0.3 is 5.97 Å². The van der Waals surface area contributed by atoms with E-state index in [-0.39, 0.29) is 42.6 Å². The summed E-state index contributed by atoms with van der Waals surface area (Å²) < 4.78 is 0. The van der Waals surface area contributed by atoms with E-state index in [1.807, 2.05) is 18.7 Å². The molecule has 2 unspecified atom stereocenters. The van der Waals surface area contributed by atoms with Crippen molar-refractivity contribution < 1.29 is 14.7 Å². The number of carboxylic acids is 1. The van der Waals surface area contributed by atoms with Crippen molar-refractivity contribution in [2.24, 2.45) is 11.8 Å². The summed E-state index contributed by atoms with van der Waals surface area (Å²) in [5.41, 5.74) is 0. The van der Waals surface area contributed by atoms with Crippen molar-refractivity contribution in [3.05, 3.63) is 0 Å². The van der Waals surface area contributed by atoms with Crippen LogP contribution in [0, 0.1) is 11.8 Å². The van der Waals surface area contributed by atoms with Crippen LogP contribution in [-0.2, 0) is 9.59 Å². The Labute approximate surface area is 165 Å². The van der Waals surface area contributed by atoms with Gasteiger partial charge in [0.15, 0.2) is 0 Å². The molecule has 5 nitrogen and oxygen atoms in total. The number of carbonyl (C=O) groups excluding carboxylic acids is 1. The number of piperidine rings is 1. The Morgan fingerprint density at radius 2 is 1.80 bits per heavy atom. The molecule has 1 saturated heterocycles. The third kappa shape index (κ3) is 9.11. The molecule has 2 atom stereocenters. The van der Waals surface area contributed by atoms with Crippen molar-refractivity contribution >= 4 is 36.7 Å². The molecule has 0 bridgehead atoms. The molecular formula is C18H36Cl2N2O3. The smallest absolute Gasteiger partial charge is 0.306 e. The van der Waals surface area contributed by atoms with Crippen molar-refractivity contribution in [3.8, 4) is 0 Å². The minimum absolute atomic E-state index is 0. The molecule has 0 spiro atoms. The number of carbonyl (C=O) groups is 2. The lowest BCUT2D eigenvalue weighted by molar-refractivity contribution is -0.143. The number of amides is 1. The van der Waals surface area contributed by atoms with Crippen LogP contribution in [0.15, 0.2) is 0 Å². The largest absolute Gasteiger partial charge is 0.481 e. The van der Waals surface area contributed by atoms with Crippen LogP contribution in [0.1, 0.15) is 59.3 Å². The third-order valence-corrected chi connectivity index (χ3v) is 4.98. The molecule has 0 aromatic carbocycles. The molecule has 1 aliphatic heterocycles. The summed E-state index contributed by atoms with van der Waals surface area (Å²) in [5, 5.41) is 9.33. The van der Waals surface area contributed by atoms with Crippen LogP contribution in [0.25, 0.3) is 0 Å². The molecule has 0 aromatic heterocycles. The Morgan fingerprint density at radius 3 is 2.32 bits per heavy atom. The van der Waals surface area contributed by atoms with Gasteiger partial charge in [0.2, 0.25) is 5.91 Å². The lowest BCUT2D eigenvalue weighted by Crippen LogP contribution is -2.45. The van der Waals surface area contributed by atoms with Crippen LogP contribution >= 0.6 is 24.8 Å². The SMILES string of the molecule is CCCCC(CCN1CCCC(C(=O)N(CC)CC)C1)C(=O)O.Cl.Cl. The Hall–Kier alpha value is -0.520. The number of unbranched alkanes of at least 4 members (excludes halogenated alkanes) is 1. The predicted molar refractivity (Wildman–Crippen MR) is 107 cm³/mol. The molecule has 1 rings (SSSR count). The van der Waals surface area contributed by atoms with Gasteiger partial charge in [0.25, 0.3) is 0 Å². The van der Waals surface area contributed by atoms with Crippen LogP contribution < -0.4 is 0 Å². The standard InChI is InChI=1S/C18H34N2O3.2ClH/c1-4-7-9-15(18(22)23)11-13-19-12-8-10-16(14-19)17(21)20(5-2)6-3;;/h15-16H,4-14H2,1-3H3,(H,22,23);2*1H. The fraction of sp³-hybridized carbons (Fsp3) is 0.889. The second kappa shape index (κ2) is 14.6. The van der Waals surface area contributed by atoms with Gasteiger partial charge in [0.05, 0.1) is 11.8 Å². The fourth-order valence-electron chi connectivity index (χ4n) is 3.43. The van der Waals surface area contributed by atoms with Gasteiger partial charge in [-0.15, -0.1) is 24.8 Å². The zero-order valence-corrected chi connectivity index (χ0v) is 17.5. The maximum absolute atomic E-state index is 12.5. The fourth-order valence-corrected chi connectivity index (χ4v) is 3.43. The van der Waals surface area contributed by atoms with Crippen molar-refractivity contribution in [1.82, 2.24) is 9.80 Å². The Balaban J connectivity index is 0. The minimum Gasteiger partial charge on any atom is -0.481 e. The number of nitrogens with zero attached hydrogens (tertiary/aromatic N) is 2. The van der Waals surface area contributed by atoms with Gasteiger partial charge in [-0.2, -0.15) is 0 Å². The predicted octanol–water partition coefficient (Wildman–Crippen LogP) is 3.69. The molecule has 150 valence electrons. The van der Waals surface area contributed by atoms with Crippen LogP contribution in [0.3, 0.4) is 0 Å². The summed E-state index contributed by atoms with van der Waals surface area (Å²) in [7, 11) is 0. The first-order chi connectivity index (χ1) is 11.0. The highest BCUT2D eigenvalue weighted by Gasteiger charge is 2.28. The maximum Gasteiger partial charge on any atom is 0.306 e. The summed E-state index contributed by atoms with van der Waals surface area (Å²) in [4.78, 5) is 28.0. The zero-order chi connectivity index (χ0) is 17.2. The van der Waals surface area contributed by atoms with E-state index in [9.17, 15) is 14.7 Å². The van der Waals surface area contributed by atoms with E-state index in [4.69, 9.17) is 0 Å². The first-order valence-electron chi connectivity index (χ1n) is 9.27. The molecule has 1 fully saturated rings. The number of hydrogen-bond donors (Lipinski definition) is 1. The second-order valence-corrected chi connectivity index (χ2v) is 6.62. The quantitative estimate of drug-likeness (QED) is 0.609. The number of hydrogen-bond acceptors (Lipinski definition) is 3. The Morgan fingerprint density at radius 1 is 1.16 bits per heavy atom. The number of halogens is 2. The van der Waals surface area contributed by atoms with E-state index in [0.717, 1.165) is 64.8 Å². The average Bonchev–Trinajstić information content (AvgIpc) is 2.55. The average molecular weight is 399 g/mol. The Bertz CT molecular complexity index is 379. The Kier molecular flexibility index (Phi) is 15.6. The molecule has 0 saturated carbocycles. The van der Waals surface area contributed by atoms with E-state index < -0.39 is 5.97 Å². The molecule has 1 amide bonds. The topological polar surface area (TPSA) is 60.9 Å². The van der Waals surface area contributed by atoms with Crippen molar-refractivity contribution in [3.63, 3.8) is 0 Å². The summed E-state index contributed by atoms with van der Waals surface area (Å²) in [6.45, 7) is 10.2. The highest BCUT2D eigenvalue weighted by Crippen LogP contribution is 2.21. The monoisotopic (exact) mass is 398 g/mol. The second-order valence-electron chi connectivity index (χ2n) is 6.62. The lowest BCUT2D eigenvalue weighted by Gasteiger charge is -2.34. The molecule has 0 aromatic rings. The first-order valence-corrected chi connectivity index (χ1v) is 9.27. The number of likely N-dealkylation sites (tertiary alicyclic amines) is 1. The first kappa shape index (κ1) is 26.7. The zero-order valence-electron chi connectivity index (χ0n) is 15.9. The van der Waals surface area contributed by atoms with Gasteiger partial charge in [0, 0.05) is 19.6 Å². The lowest BCUT2D eigenvalue weighted by atomic mass is 9.94. The van der Waals surface area contributed by atoms with Gasteiger partial charge in [-0.1, -0.05) is 19.8 Å². The normalized spacial score (nSPS) is 18.6. The molecule has 1 N–H and O–H groups in total.